The van der Waals surface area contributed by atoms with Crippen molar-refractivity contribution in [1.29, 1.82) is 0 Å². The van der Waals surface area contributed by atoms with Crippen LogP contribution in [-0.4, -0.2) is 61.0 Å². The van der Waals surface area contributed by atoms with Crippen LogP contribution in [0.25, 0.3) is 0 Å². The Balaban J connectivity index is 2.30. The molecule has 0 aliphatic carbocycles. The average molecular weight is 286 g/mol. The van der Waals surface area contributed by atoms with Gasteiger partial charge in [-0.3, -0.25) is 0 Å². The van der Waals surface area contributed by atoms with E-state index in [1.54, 1.807) is 0 Å². The smallest absolute Gasteiger partial charge is 0.0613 e. The maximum absolute atomic E-state index is 9.74. The van der Waals surface area contributed by atoms with E-state index in [9.17, 15) is 5.11 Å². The highest BCUT2D eigenvalue weighted by Gasteiger charge is 2.27. The molecule has 1 atom stereocenters. The fraction of sp³-hybridized carbons (Fsp3) is 1.00. The molecule has 4 heteroatoms. The fourth-order valence-corrected chi connectivity index (χ4v) is 3.21. The van der Waals surface area contributed by atoms with E-state index >= 15 is 0 Å². The van der Waals surface area contributed by atoms with Crippen LogP contribution < -0.4 is 5.32 Å². The summed E-state index contributed by atoms with van der Waals surface area (Å²) in [4.78, 5) is 2.53. The second kappa shape index (κ2) is 8.98. The first kappa shape index (κ1) is 17.9. The Kier molecular flexibility index (Phi) is 8.03. The molecule has 0 aromatic rings. The van der Waals surface area contributed by atoms with Crippen LogP contribution in [0.4, 0.5) is 0 Å². The topological polar surface area (TPSA) is 44.7 Å². The Hall–Kier alpha value is -0.160. The fourth-order valence-electron chi connectivity index (χ4n) is 3.21. The van der Waals surface area contributed by atoms with Crippen molar-refractivity contribution in [3.05, 3.63) is 0 Å². The minimum atomic E-state index is -0.0982. The molecule has 0 bridgehead atoms. The first-order valence-corrected chi connectivity index (χ1v) is 8.19. The van der Waals surface area contributed by atoms with Gasteiger partial charge in [0.15, 0.2) is 0 Å². The number of methoxy groups -OCH3 is 1. The monoisotopic (exact) mass is 286 g/mol. The number of ether oxygens (including phenoxy) is 1. The summed E-state index contributed by atoms with van der Waals surface area (Å²) in [5.74, 6) is 0. The van der Waals surface area contributed by atoms with E-state index in [2.05, 4.69) is 31.0 Å². The minimum Gasteiger partial charge on any atom is -0.394 e. The number of aliphatic hydroxyl groups excluding tert-OH is 1. The number of rotatable bonds is 9. The predicted molar refractivity (Wildman–Crippen MR) is 84.1 cm³/mol. The molecule has 0 aromatic heterocycles. The number of aliphatic hydroxyl groups is 1. The SMILES string of the molecule is CCC(CO)(CCCN1CCC(OC)CC1)NC(C)C. The number of nitrogens with zero attached hydrogens (tertiary/aromatic N) is 1. The van der Waals surface area contributed by atoms with E-state index in [0.29, 0.717) is 12.1 Å². The van der Waals surface area contributed by atoms with Gasteiger partial charge in [-0.2, -0.15) is 0 Å². The first-order valence-electron chi connectivity index (χ1n) is 8.19. The van der Waals surface area contributed by atoms with Gasteiger partial charge in [-0.05, 0) is 38.6 Å². The van der Waals surface area contributed by atoms with Crippen LogP contribution >= 0.6 is 0 Å². The van der Waals surface area contributed by atoms with E-state index in [-0.39, 0.29) is 12.1 Å². The van der Waals surface area contributed by atoms with Crippen LogP contribution in [0.5, 0.6) is 0 Å². The molecule has 0 amide bonds. The Morgan fingerprint density at radius 3 is 2.45 bits per heavy atom. The predicted octanol–water partition coefficient (Wildman–Crippen LogP) is 2.02. The molecule has 2 N–H and O–H groups in total. The molecular formula is C16H34N2O2. The third kappa shape index (κ3) is 5.68. The molecule has 0 aromatic carbocycles. The highest BCUT2D eigenvalue weighted by atomic mass is 16.5. The van der Waals surface area contributed by atoms with Crippen molar-refractivity contribution in [2.45, 2.75) is 70.6 Å². The van der Waals surface area contributed by atoms with Gasteiger partial charge in [0.2, 0.25) is 0 Å². The van der Waals surface area contributed by atoms with Crippen molar-refractivity contribution in [2.24, 2.45) is 0 Å². The zero-order chi connectivity index (χ0) is 15.0. The summed E-state index contributed by atoms with van der Waals surface area (Å²) in [5, 5.41) is 13.3. The molecule has 1 unspecified atom stereocenters. The Bertz CT molecular complexity index is 247. The molecule has 20 heavy (non-hydrogen) atoms. The van der Waals surface area contributed by atoms with Crippen LogP contribution in [0.15, 0.2) is 0 Å². The molecule has 1 aliphatic rings. The summed E-state index contributed by atoms with van der Waals surface area (Å²) >= 11 is 0. The standard InChI is InChI=1S/C16H34N2O2/c1-5-16(13-19,17-14(2)3)9-6-10-18-11-7-15(20-4)8-12-18/h14-15,17,19H,5-13H2,1-4H3. The lowest BCUT2D eigenvalue weighted by Gasteiger charge is -2.36. The van der Waals surface area contributed by atoms with Gasteiger partial charge in [-0.15, -0.1) is 0 Å². The normalized spacial score (nSPS) is 21.3. The lowest BCUT2D eigenvalue weighted by molar-refractivity contribution is 0.0392. The highest BCUT2D eigenvalue weighted by molar-refractivity contribution is 4.88. The maximum Gasteiger partial charge on any atom is 0.0613 e. The number of hydrogen-bond donors (Lipinski definition) is 2. The average Bonchev–Trinajstić information content (AvgIpc) is 2.46. The zero-order valence-corrected chi connectivity index (χ0v) is 13.8. The second-order valence-electron chi connectivity index (χ2n) is 6.47. The first-order chi connectivity index (χ1) is 9.55. The molecule has 1 rings (SSSR count). The summed E-state index contributed by atoms with van der Waals surface area (Å²) in [6, 6.07) is 0.416. The Labute approximate surface area is 124 Å². The van der Waals surface area contributed by atoms with Gasteiger partial charge in [0, 0.05) is 31.8 Å². The van der Waals surface area contributed by atoms with Crippen LogP contribution in [0, 0.1) is 0 Å². The van der Waals surface area contributed by atoms with Gasteiger partial charge in [0.05, 0.1) is 12.7 Å². The van der Waals surface area contributed by atoms with E-state index in [0.717, 1.165) is 51.7 Å². The van der Waals surface area contributed by atoms with Crippen LogP contribution in [0.1, 0.15) is 52.9 Å². The van der Waals surface area contributed by atoms with Gasteiger partial charge in [-0.1, -0.05) is 20.8 Å². The maximum atomic E-state index is 9.74. The van der Waals surface area contributed by atoms with Gasteiger partial charge in [0.25, 0.3) is 0 Å². The molecule has 1 saturated heterocycles. The van der Waals surface area contributed by atoms with E-state index in [1.165, 1.54) is 0 Å². The van der Waals surface area contributed by atoms with Gasteiger partial charge in [0.1, 0.15) is 0 Å². The van der Waals surface area contributed by atoms with E-state index < -0.39 is 0 Å². The van der Waals surface area contributed by atoms with Gasteiger partial charge < -0.3 is 20.1 Å². The summed E-state index contributed by atoms with van der Waals surface area (Å²) in [6.07, 6.45) is 5.93. The molecule has 0 radical (unpaired) electrons. The minimum absolute atomic E-state index is 0.0982. The molecule has 1 aliphatic heterocycles. The lowest BCUT2D eigenvalue weighted by Crippen LogP contribution is -2.51. The third-order valence-corrected chi connectivity index (χ3v) is 4.57. The quantitative estimate of drug-likeness (QED) is 0.681. The summed E-state index contributed by atoms with van der Waals surface area (Å²) < 4.78 is 5.41. The van der Waals surface area contributed by atoms with Crippen LogP contribution in [-0.2, 0) is 4.74 Å². The lowest BCUT2D eigenvalue weighted by atomic mass is 9.90. The Morgan fingerprint density at radius 2 is 2.00 bits per heavy atom. The zero-order valence-electron chi connectivity index (χ0n) is 13.8. The van der Waals surface area contributed by atoms with E-state index in [4.69, 9.17) is 4.74 Å². The van der Waals surface area contributed by atoms with Gasteiger partial charge in [-0.25, -0.2) is 0 Å². The van der Waals surface area contributed by atoms with E-state index in [1.807, 2.05) is 7.11 Å². The van der Waals surface area contributed by atoms with Gasteiger partial charge >= 0.3 is 0 Å². The molecule has 0 spiro atoms. The molecule has 0 saturated carbocycles. The third-order valence-electron chi connectivity index (χ3n) is 4.57. The largest absolute Gasteiger partial charge is 0.394 e. The summed E-state index contributed by atoms with van der Waals surface area (Å²) in [7, 11) is 1.81. The van der Waals surface area contributed by atoms with Crippen molar-refractivity contribution in [3.63, 3.8) is 0 Å². The van der Waals surface area contributed by atoms with Crippen molar-refractivity contribution in [1.82, 2.24) is 10.2 Å². The number of likely N-dealkylation sites (tertiary alicyclic amines) is 1. The number of hydrogen-bond acceptors (Lipinski definition) is 4. The highest BCUT2D eigenvalue weighted by Crippen LogP contribution is 2.20. The van der Waals surface area contributed by atoms with Crippen molar-refractivity contribution in [3.8, 4) is 0 Å². The molecule has 1 fully saturated rings. The van der Waals surface area contributed by atoms with Crippen LogP contribution in [0.3, 0.4) is 0 Å². The summed E-state index contributed by atoms with van der Waals surface area (Å²) in [6.45, 7) is 10.1. The van der Waals surface area contributed by atoms with Crippen LogP contribution in [0.2, 0.25) is 0 Å². The molecule has 1 heterocycles. The van der Waals surface area contributed by atoms with Crippen molar-refractivity contribution < 1.29 is 9.84 Å². The molecule has 120 valence electrons. The number of piperidine rings is 1. The number of nitrogens with one attached hydrogen (secondary N) is 1. The van der Waals surface area contributed by atoms with Crippen molar-refractivity contribution in [2.75, 3.05) is 33.4 Å². The van der Waals surface area contributed by atoms with Crippen molar-refractivity contribution >= 4 is 0 Å². The molecular weight excluding hydrogens is 252 g/mol. The second-order valence-corrected chi connectivity index (χ2v) is 6.47. The molecule has 4 nitrogen and oxygen atoms in total. The Morgan fingerprint density at radius 1 is 1.35 bits per heavy atom. The summed E-state index contributed by atoms with van der Waals surface area (Å²) in [5.41, 5.74) is -0.0982.